The van der Waals surface area contributed by atoms with Gasteiger partial charge in [-0.3, -0.25) is 4.90 Å². The first-order chi connectivity index (χ1) is 8.10. The monoisotopic (exact) mass is 235 g/mol. The van der Waals surface area contributed by atoms with Crippen LogP contribution in [0.1, 0.15) is 50.8 Å². The van der Waals surface area contributed by atoms with Gasteiger partial charge in [0.1, 0.15) is 5.75 Å². The first kappa shape index (κ1) is 14.0. The lowest BCUT2D eigenvalue weighted by Crippen LogP contribution is -2.28. The fourth-order valence-electron chi connectivity index (χ4n) is 2.28. The van der Waals surface area contributed by atoms with Crippen molar-refractivity contribution < 1.29 is 5.11 Å². The summed E-state index contributed by atoms with van der Waals surface area (Å²) in [5.41, 5.74) is 2.25. The first-order valence-corrected chi connectivity index (χ1v) is 6.63. The van der Waals surface area contributed by atoms with Crippen molar-refractivity contribution in [1.29, 1.82) is 0 Å². The van der Waals surface area contributed by atoms with Crippen molar-refractivity contribution in [3.63, 3.8) is 0 Å². The van der Waals surface area contributed by atoms with Gasteiger partial charge in [0, 0.05) is 11.6 Å². The van der Waals surface area contributed by atoms with Crippen LogP contribution in [0.2, 0.25) is 0 Å². The van der Waals surface area contributed by atoms with Crippen LogP contribution < -0.4 is 0 Å². The molecule has 0 aliphatic rings. The third-order valence-electron chi connectivity index (χ3n) is 3.20. The van der Waals surface area contributed by atoms with E-state index < -0.39 is 0 Å². The molecule has 0 saturated heterocycles. The molecule has 1 N–H and O–H groups in total. The normalized spacial score (nSPS) is 13.0. The molecule has 0 bridgehead atoms. The molecule has 0 aromatic heterocycles. The Morgan fingerprint density at radius 3 is 2.29 bits per heavy atom. The van der Waals surface area contributed by atoms with Crippen molar-refractivity contribution in [2.24, 2.45) is 0 Å². The van der Waals surface area contributed by atoms with Crippen LogP contribution in [0.4, 0.5) is 0 Å². The van der Waals surface area contributed by atoms with Crippen LogP contribution in [-0.2, 0) is 0 Å². The van der Waals surface area contributed by atoms with E-state index in [1.807, 2.05) is 6.07 Å². The molecule has 1 aromatic rings. The highest BCUT2D eigenvalue weighted by Crippen LogP contribution is 2.29. The molecule has 17 heavy (non-hydrogen) atoms. The number of hydrogen-bond donors (Lipinski definition) is 1. The van der Waals surface area contributed by atoms with Gasteiger partial charge in [0.25, 0.3) is 0 Å². The van der Waals surface area contributed by atoms with Gasteiger partial charge in [-0.15, -0.1) is 0 Å². The lowest BCUT2D eigenvalue weighted by atomic mass is 10.0. The summed E-state index contributed by atoms with van der Waals surface area (Å²) in [6.07, 6.45) is 2.30. The molecule has 2 nitrogen and oxygen atoms in total. The van der Waals surface area contributed by atoms with E-state index in [2.05, 4.69) is 38.7 Å². The van der Waals surface area contributed by atoms with Gasteiger partial charge in [-0.05, 0) is 45.8 Å². The van der Waals surface area contributed by atoms with Crippen LogP contribution in [0.5, 0.6) is 5.75 Å². The Kier molecular flexibility index (Phi) is 5.49. The molecule has 0 aliphatic carbocycles. The minimum Gasteiger partial charge on any atom is -0.508 e. The van der Waals surface area contributed by atoms with Gasteiger partial charge >= 0.3 is 0 Å². The minimum atomic E-state index is 0.287. The zero-order valence-electron chi connectivity index (χ0n) is 11.5. The van der Waals surface area contributed by atoms with E-state index in [4.69, 9.17) is 0 Å². The Balaban J connectivity index is 2.91. The maximum Gasteiger partial charge on any atom is 0.120 e. The summed E-state index contributed by atoms with van der Waals surface area (Å²) in [6.45, 7) is 10.8. The summed E-state index contributed by atoms with van der Waals surface area (Å²) < 4.78 is 0. The Labute approximate surface area is 105 Å². The summed E-state index contributed by atoms with van der Waals surface area (Å²) in [4.78, 5) is 2.44. The number of phenols is 1. The van der Waals surface area contributed by atoms with E-state index >= 15 is 0 Å². The summed E-state index contributed by atoms with van der Waals surface area (Å²) in [5.74, 6) is 0.417. The van der Waals surface area contributed by atoms with Gasteiger partial charge in [0.05, 0.1) is 0 Å². The predicted molar refractivity (Wildman–Crippen MR) is 73.4 cm³/mol. The molecule has 96 valence electrons. The number of phenolic OH excluding ortho intramolecular Hbond substituents is 1. The average Bonchev–Trinajstić information content (AvgIpc) is 2.31. The molecular weight excluding hydrogens is 210 g/mol. The third-order valence-corrected chi connectivity index (χ3v) is 3.20. The van der Waals surface area contributed by atoms with Crippen LogP contribution in [0.25, 0.3) is 0 Å². The molecule has 0 heterocycles. The van der Waals surface area contributed by atoms with Crippen LogP contribution in [-0.4, -0.2) is 23.1 Å². The number of hydrogen-bond acceptors (Lipinski definition) is 2. The zero-order valence-corrected chi connectivity index (χ0v) is 11.5. The Bertz CT molecular complexity index is 343. The average molecular weight is 235 g/mol. The maximum atomic E-state index is 9.96. The predicted octanol–water partition coefficient (Wildman–Crippen LogP) is 3.88. The van der Waals surface area contributed by atoms with Gasteiger partial charge < -0.3 is 5.11 Å². The van der Waals surface area contributed by atoms with Crippen LogP contribution >= 0.6 is 0 Å². The molecule has 1 aromatic carbocycles. The Hall–Kier alpha value is -1.02. The molecular formula is C15H25NO. The van der Waals surface area contributed by atoms with Gasteiger partial charge in [-0.1, -0.05) is 31.5 Å². The molecule has 2 heteroatoms. The van der Waals surface area contributed by atoms with Crippen molar-refractivity contribution in [2.75, 3.05) is 13.1 Å². The molecule has 0 spiro atoms. The van der Waals surface area contributed by atoms with E-state index in [1.54, 1.807) is 6.07 Å². The summed E-state index contributed by atoms with van der Waals surface area (Å²) in [6, 6.07) is 6.14. The lowest BCUT2D eigenvalue weighted by Gasteiger charge is -2.29. The number of nitrogens with zero attached hydrogens (tertiary/aromatic N) is 1. The topological polar surface area (TPSA) is 23.5 Å². The molecule has 0 radical (unpaired) electrons. The van der Waals surface area contributed by atoms with Gasteiger partial charge in [0.2, 0.25) is 0 Å². The second-order valence-electron chi connectivity index (χ2n) is 4.77. The van der Waals surface area contributed by atoms with E-state index in [0.717, 1.165) is 31.5 Å². The van der Waals surface area contributed by atoms with Crippen molar-refractivity contribution in [3.8, 4) is 5.75 Å². The zero-order chi connectivity index (χ0) is 12.8. The Morgan fingerprint density at radius 1 is 1.18 bits per heavy atom. The second-order valence-corrected chi connectivity index (χ2v) is 4.77. The van der Waals surface area contributed by atoms with Crippen molar-refractivity contribution >= 4 is 0 Å². The minimum absolute atomic E-state index is 0.287. The van der Waals surface area contributed by atoms with E-state index in [-0.39, 0.29) is 6.04 Å². The molecule has 0 amide bonds. The summed E-state index contributed by atoms with van der Waals surface area (Å²) in [5, 5.41) is 9.96. The highest BCUT2D eigenvalue weighted by molar-refractivity contribution is 5.37. The van der Waals surface area contributed by atoms with Crippen molar-refractivity contribution in [2.45, 2.75) is 46.6 Å². The molecule has 1 unspecified atom stereocenters. The van der Waals surface area contributed by atoms with Gasteiger partial charge in [-0.25, -0.2) is 0 Å². The molecule has 1 atom stereocenters. The largest absolute Gasteiger partial charge is 0.508 e. The fraction of sp³-hybridized carbons (Fsp3) is 0.600. The third kappa shape index (κ3) is 3.74. The quantitative estimate of drug-likeness (QED) is 0.808. The Morgan fingerprint density at radius 2 is 1.76 bits per heavy atom. The van der Waals surface area contributed by atoms with Crippen LogP contribution in [0, 0.1) is 6.92 Å². The van der Waals surface area contributed by atoms with E-state index in [1.165, 1.54) is 5.56 Å². The van der Waals surface area contributed by atoms with Crippen molar-refractivity contribution in [1.82, 2.24) is 4.90 Å². The smallest absolute Gasteiger partial charge is 0.120 e. The number of aryl methyl sites for hydroxylation is 1. The van der Waals surface area contributed by atoms with E-state index in [0.29, 0.717) is 5.75 Å². The second kappa shape index (κ2) is 6.65. The lowest BCUT2D eigenvalue weighted by molar-refractivity contribution is 0.208. The van der Waals surface area contributed by atoms with Crippen molar-refractivity contribution in [3.05, 3.63) is 29.3 Å². The summed E-state index contributed by atoms with van der Waals surface area (Å²) >= 11 is 0. The number of benzene rings is 1. The van der Waals surface area contributed by atoms with Crippen LogP contribution in [0.15, 0.2) is 18.2 Å². The van der Waals surface area contributed by atoms with Gasteiger partial charge in [0.15, 0.2) is 0 Å². The maximum absolute atomic E-state index is 9.96. The highest BCUT2D eigenvalue weighted by atomic mass is 16.3. The standard InChI is InChI=1S/C15H25NO/c1-5-9-16(10-6-2)13(4)14-11-12(3)7-8-15(14)17/h7-8,11,13,17H,5-6,9-10H2,1-4H3. The number of aromatic hydroxyl groups is 1. The highest BCUT2D eigenvalue weighted by Gasteiger charge is 2.17. The molecule has 1 rings (SSSR count). The van der Waals surface area contributed by atoms with E-state index in [9.17, 15) is 5.11 Å². The van der Waals surface area contributed by atoms with Gasteiger partial charge in [-0.2, -0.15) is 0 Å². The SMILES string of the molecule is CCCN(CCC)C(C)c1cc(C)ccc1O. The molecule has 0 saturated carbocycles. The summed E-state index contributed by atoms with van der Waals surface area (Å²) in [7, 11) is 0. The fourth-order valence-corrected chi connectivity index (χ4v) is 2.28. The van der Waals surface area contributed by atoms with Crippen LogP contribution in [0.3, 0.4) is 0 Å². The molecule has 0 fully saturated rings. The molecule has 0 aliphatic heterocycles. The first-order valence-electron chi connectivity index (χ1n) is 6.63. The number of rotatable bonds is 6.